The van der Waals surface area contributed by atoms with Crippen LogP contribution in [0.5, 0.6) is 5.75 Å². The van der Waals surface area contributed by atoms with Crippen molar-refractivity contribution in [1.82, 2.24) is 15.2 Å². The number of ether oxygens (including phenoxy) is 2. The van der Waals surface area contributed by atoms with Crippen LogP contribution in [-0.4, -0.2) is 69.6 Å². The number of anilines is 1. The molecule has 4 aliphatic heterocycles. The summed E-state index contributed by atoms with van der Waals surface area (Å²) in [6.07, 6.45) is 5.86. The van der Waals surface area contributed by atoms with Crippen LogP contribution in [0.4, 0.5) is 5.82 Å². The van der Waals surface area contributed by atoms with Gasteiger partial charge in [0.25, 0.3) is 0 Å². The summed E-state index contributed by atoms with van der Waals surface area (Å²) in [5, 5.41) is 4.58. The average molecular weight is 751 g/mol. The van der Waals surface area contributed by atoms with Crippen molar-refractivity contribution in [3.8, 4) is 17.6 Å². The lowest BCUT2D eigenvalue weighted by Gasteiger charge is -2.58. The molecule has 1 saturated carbocycles. The van der Waals surface area contributed by atoms with E-state index < -0.39 is 28.7 Å². The minimum atomic E-state index is -1.21. The summed E-state index contributed by atoms with van der Waals surface area (Å²) in [5.41, 5.74) is 9.38. The number of carbonyl (C=O) groups is 2. The predicted octanol–water partition coefficient (Wildman–Crippen LogP) is 5.34. The summed E-state index contributed by atoms with van der Waals surface area (Å²) in [7, 11) is 5.71. The minimum absolute atomic E-state index is 0.0647. The Balaban J connectivity index is 1.31. The van der Waals surface area contributed by atoms with Gasteiger partial charge in [-0.15, -0.1) is 0 Å². The number of rotatable bonds is 3. The normalized spacial score (nSPS) is 32.9. The molecule has 2 aromatic heterocycles. The molecule has 10 nitrogen and oxygen atoms in total. The fourth-order valence-electron chi connectivity index (χ4n) is 9.92. The molecule has 53 heavy (non-hydrogen) atoms. The maximum Gasteiger partial charge on any atom is 0.336 e. The number of esters is 1. The molecule has 3 N–H and O–H groups in total. The first-order valence-electron chi connectivity index (χ1n) is 18.3. The zero-order valence-electron chi connectivity index (χ0n) is 30.2. The first-order chi connectivity index (χ1) is 25.5. The summed E-state index contributed by atoms with van der Waals surface area (Å²) >= 11 is 0. The zero-order valence-corrected chi connectivity index (χ0v) is 31.8. The van der Waals surface area contributed by atoms with Gasteiger partial charge >= 0.3 is 11.6 Å². The number of hydrogen-bond acceptors (Lipinski definition) is 11. The van der Waals surface area contributed by atoms with Crippen molar-refractivity contribution in [3.63, 3.8) is 0 Å². The van der Waals surface area contributed by atoms with Crippen LogP contribution < -0.4 is 21.4 Å². The Bertz CT molecular complexity index is 2270. The predicted molar refractivity (Wildman–Crippen MR) is 206 cm³/mol. The molecule has 3 bridgehead atoms. The van der Waals surface area contributed by atoms with E-state index >= 15 is 0 Å². The van der Waals surface area contributed by atoms with Crippen LogP contribution in [0.2, 0.25) is 0 Å². The second-order valence-electron chi connectivity index (χ2n) is 15.5. The quantitative estimate of drug-likeness (QED) is 0.0897. The maximum atomic E-state index is 14.4. The van der Waals surface area contributed by atoms with Gasteiger partial charge in [0.15, 0.2) is 11.2 Å². The smallest absolute Gasteiger partial charge is 0.336 e. The van der Waals surface area contributed by atoms with E-state index in [0.717, 1.165) is 39.6 Å². The Morgan fingerprint density at radius 1 is 1.21 bits per heavy atom. The van der Waals surface area contributed by atoms with E-state index in [4.69, 9.17) is 19.6 Å². The Hall–Kier alpha value is -4.18. The maximum absolute atomic E-state index is 14.4. The number of pyridine rings is 1. The van der Waals surface area contributed by atoms with E-state index in [0.29, 0.717) is 60.2 Å². The molecule has 1 saturated heterocycles. The fourth-order valence-corrected chi connectivity index (χ4v) is 13.1. The molecule has 274 valence electrons. The molecule has 3 aromatic rings. The highest BCUT2D eigenvalue weighted by Gasteiger charge is 2.65. The first kappa shape index (κ1) is 34.6. The first-order valence-corrected chi connectivity index (χ1v) is 20.7. The molecule has 1 aromatic carbocycles. The van der Waals surface area contributed by atoms with Gasteiger partial charge in [0.2, 0.25) is 5.91 Å². The lowest BCUT2D eigenvalue weighted by molar-refractivity contribution is -0.184. The van der Waals surface area contributed by atoms with E-state index in [2.05, 4.69) is 27.0 Å². The van der Waals surface area contributed by atoms with Gasteiger partial charge in [-0.25, -0.2) is 14.6 Å². The average Bonchev–Trinajstić information content (AvgIpc) is 3.47. The highest BCUT2D eigenvalue weighted by Crippen LogP contribution is 2.61. The Morgan fingerprint density at radius 2 is 2.06 bits per heavy atom. The van der Waals surface area contributed by atoms with Crippen LogP contribution >= 0.6 is 21.6 Å². The lowest BCUT2D eigenvalue weighted by atomic mass is 9.59. The third-order valence-electron chi connectivity index (χ3n) is 12.6. The summed E-state index contributed by atoms with van der Waals surface area (Å²) < 4.78 is 19.6. The van der Waals surface area contributed by atoms with Gasteiger partial charge in [0.1, 0.15) is 17.2 Å². The molecule has 9 rings (SSSR count). The SMILES string of the molecule is C/C=C(\C)C(=O)O[C@]1(C)CC2=C3CSS[C@@H]4C[C@H](C#CC2)[C@H](NC)[C@@H]2CN(C(=O)Cc5cnc(N)cc5[C@@H]3[C@]13Cc1cc5ccc(=O)oc5cc1O3)[C@@H]24. The number of amides is 1. The molecule has 6 aliphatic rings. The molecule has 8 atom stereocenters. The summed E-state index contributed by atoms with van der Waals surface area (Å²) in [6, 6.07) is 9.14. The van der Waals surface area contributed by atoms with Crippen LogP contribution in [-0.2, 0) is 27.2 Å². The van der Waals surface area contributed by atoms with Crippen LogP contribution in [0.25, 0.3) is 11.0 Å². The van der Waals surface area contributed by atoms with Gasteiger partial charge < -0.3 is 29.8 Å². The van der Waals surface area contributed by atoms with Gasteiger partial charge in [-0.1, -0.05) is 45.1 Å². The largest absolute Gasteiger partial charge is 0.481 e. The Labute approximate surface area is 316 Å². The monoisotopic (exact) mass is 750 g/mol. The molecule has 6 heterocycles. The summed E-state index contributed by atoms with van der Waals surface area (Å²) in [4.78, 5) is 47.2. The fraction of sp³-hybridized carbons (Fsp3) is 0.463. The number of carbonyl (C=O) groups excluding carboxylic acids is 2. The van der Waals surface area contributed by atoms with Crippen LogP contribution in [0, 0.1) is 23.7 Å². The van der Waals surface area contributed by atoms with Crippen molar-refractivity contribution in [3.05, 3.63) is 86.4 Å². The van der Waals surface area contributed by atoms with E-state index in [9.17, 15) is 14.4 Å². The van der Waals surface area contributed by atoms with Crippen LogP contribution in [0.1, 0.15) is 62.6 Å². The lowest BCUT2D eigenvalue weighted by Crippen LogP contribution is -2.71. The molecule has 0 unspecified atom stereocenters. The van der Waals surface area contributed by atoms with Gasteiger partial charge in [-0.2, -0.15) is 0 Å². The van der Waals surface area contributed by atoms with E-state index in [-0.39, 0.29) is 35.6 Å². The highest BCUT2D eigenvalue weighted by molar-refractivity contribution is 8.77. The molecule has 2 fully saturated rings. The van der Waals surface area contributed by atoms with E-state index in [1.54, 1.807) is 31.3 Å². The third kappa shape index (κ3) is 5.36. The van der Waals surface area contributed by atoms with Crippen molar-refractivity contribution in [2.45, 2.75) is 87.3 Å². The van der Waals surface area contributed by atoms with E-state index in [1.807, 2.05) is 54.6 Å². The molecular weight excluding hydrogens is 709 g/mol. The zero-order chi connectivity index (χ0) is 36.8. The molecule has 0 radical (unpaired) electrons. The number of hydrogen-bond donors (Lipinski definition) is 2. The number of aromatic nitrogens is 1. The highest BCUT2D eigenvalue weighted by atomic mass is 33.1. The number of nitrogen functional groups attached to an aromatic ring is 1. The van der Waals surface area contributed by atoms with Crippen molar-refractivity contribution >= 4 is 50.3 Å². The summed E-state index contributed by atoms with van der Waals surface area (Å²) in [5.74, 6) is 8.52. The van der Waals surface area contributed by atoms with Gasteiger partial charge in [-0.3, -0.25) is 4.79 Å². The Morgan fingerprint density at radius 3 is 2.87 bits per heavy atom. The molecule has 12 heteroatoms. The number of fused-ring (bicyclic) bond motifs is 8. The number of allylic oxidation sites excluding steroid dienone is 1. The molecule has 2 aliphatic carbocycles. The number of benzene rings is 1. The van der Waals surface area contributed by atoms with Crippen molar-refractivity contribution in [1.29, 1.82) is 0 Å². The van der Waals surface area contributed by atoms with Gasteiger partial charge in [-0.05, 0) is 74.7 Å². The summed E-state index contributed by atoms with van der Waals surface area (Å²) in [6.45, 7) is 6.24. The second kappa shape index (κ2) is 12.7. The van der Waals surface area contributed by atoms with Crippen molar-refractivity contribution in [2.75, 3.05) is 25.1 Å². The molecule has 1 spiro atoms. The van der Waals surface area contributed by atoms with Gasteiger partial charge in [0, 0.05) is 84.0 Å². The third-order valence-corrected chi connectivity index (χ3v) is 15.4. The van der Waals surface area contributed by atoms with Crippen LogP contribution in [0.3, 0.4) is 0 Å². The van der Waals surface area contributed by atoms with Gasteiger partial charge in [0.05, 0.1) is 18.4 Å². The van der Waals surface area contributed by atoms with Crippen molar-refractivity contribution in [2.24, 2.45) is 11.8 Å². The topological polar surface area (TPSA) is 137 Å². The van der Waals surface area contributed by atoms with E-state index in [1.165, 1.54) is 6.07 Å². The standard InChI is InChI=1S/C41H42N4O6S2/c1-5-21(2)39(48)51-40(3)16-24-8-6-7-23-12-32-38-28(37(23)43-4)19-45(38)34(46)13-26-18-44-33(42)14-27(26)36(29(24)20-52-53-32)41(40)17-25-11-22-9-10-35(47)49-30(22)15-31(25)50-41/h5,9-11,14-15,18,23,28,32,36-38,43H,8,12-13,16-17,19-20H2,1-4H3,(H2,42,44)/b21-5+/t23-,28-,32+,36-,37-,38-,40+,41+/m0/s1. The Kier molecular flexibility index (Phi) is 8.29. The molecular formula is C41H42N4O6S2. The number of nitrogens with two attached hydrogens (primary N) is 1. The van der Waals surface area contributed by atoms with Crippen molar-refractivity contribution < 1.29 is 23.5 Å². The number of nitrogens with one attached hydrogen (secondary N) is 1. The second-order valence-corrected chi connectivity index (χ2v) is 18.1. The number of nitrogens with zero attached hydrogens (tertiary/aromatic N) is 2. The minimum Gasteiger partial charge on any atom is -0.481 e. The van der Waals surface area contributed by atoms with Crippen LogP contribution in [0.15, 0.2) is 68.5 Å². The molecule has 1 amide bonds.